The van der Waals surface area contributed by atoms with Gasteiger partial charge in [0.25, 0.3) is 23.5 Å². The Hall–Kier alpha value is -0.648. The number of imidazole rings is 1. The number of hydrogen-bond acceptors (Lipinski definition) is 21. The second-order valence-electron chi connectivity index (χ2n) is 13.4. The van der Waals surface area contributed by atoms with E-state index >= 15 is 0 Å². The molecule has 2 amide bonds. The largest absolute Gasteiger partial charge is 1.00 e. The van der Waals surface area contributed by atoms with Crippen molar-refractivity contribution in [1.82, 2.24) is 30.2 Å². The predicted molar refractivity (Wildman–Crippen MR) is 194 cm³/mol. The van der Waals surface area contributed by atoms with Gasteiger partial charge in [-0.25, -0.2) is 19.3 Å². The average Bonchev–Trinajstić information content (AvgIpc) is 3.68. The first kappa shape index (κ1) is 59.4. The van der Waals surface area contributed by atoms with E-state index in [1.165, 1.54) is 13.8 Å². The predicted octanol–water partition coefficient (Wildman–Crippen LogP) is -9.86. The van der Waals surface area contributed by atoms with Crippen LogP contribution in [0.4, 0.5) is 5.82 Å². The molecule has 0 aromatic carbocycles. The molecule has 3 rings (SSSR count). The third kappa shape index (κ3) is 19.6. The Morgan fingerprint density at radius 1 is 1.00 bits per heavy atom. The quantitative estimate of drug-likeness (QED) is 0.0306. The molecular weight excluding hydrogens is 864 g/mol. The standard InChI is InChI=1S/C29H50N7O17P3S.3Li/c1-4-5-6-7-8-9-20(38)57-13-12-31-19(37)10-11-32-27(41)24(40)29(2,3)15-50-56(47,48)53-55(45,46)49-14-18-23(52-54(42,43)44)22(39)28(51-18)36-17-35-21-25(30)33-16-34-26(21)36;;;/h16-18,22-24,28,39-40H,4-15H2,1-3H3,(H,31,37)(H,32,41)(H,45,46)(H,47,48)(H2,30,33,34)(H2,42,43,44);;;/q;3*+1/p-3. The van der Waals surface area contributed by atoms with Gasteiger partial charge in [-0.15, -0.1) is 0 Å². The maximum absolute atomic E-state index is 12.5. The molecule has 31 heteroatoms. The number of phosphoric ester groups is 3. The Balaban J connectivity index is 0.0000116. The first-order valence-corrected chi connectivity index (χ1v) is 23.0. The molecule has 324 valence electrons. The Labute approximate surface area is 386 Å². The number of unbranched alkanes of at least 4 members (excludes halogenated alkanes) is 4. The summed E-state index contributed by atoms with van der Waals surface area (Å²) in [6.07, 6.45) is -1.73. The summed E-state index contributed by atoms with van der Waals surface area (Å²) in [4.78, 5) is 94.1. The average molecular weight is 912 g/mol. The number of thioether (sulfide) groups is 1. The van der Waals surface area contributed by atoms with E-state index in [2.05, 4.69) is 50.4 Å². The van der Waals surface area contributed by atoms with Crippen molar-refractivity contribution in [2.24, 2.45) is 5.41 Å². The zero-order chi connectivity index (χ0) is 42.6. The number of amides is 2. The van der Waals surface area contributed by atoms with Gasteiger partial charge in [0, 0.05) is 37.1 Å². The third-order valence-corrected chi connectivity index (χ3v) is 12.2. The zero-order valence-electron chi connectivity index (χ0n) is 34.2. The minimum atomic E-state index is -5.89. The molecule has 1 saturated heterocycles. The fourth-order valence-electron chi connectivity index (χ4n) is 5.22. The molecule has 1 aliphatic heterocycles. The Bertz CT molecular complexity index is 1830. The number of aliphatic hydroxyl groups excluding tert-OH is 2. The van der Waals surface area contributed by atoms with Crippen LogP contribution in [0.2, 0.25) is 0 Å². The van der Waals surface area contributed by atoms with E-state index in [1.54, 1.807) is 0 Å². The first-order chi connectivity index (χ1) is 26.6. The van der Waals surface area contributed by atoms with Gasteiger partial charge in [0.1, 0.15) is 36.3 Å². The summed E-state index contributed by atoms with van der Waals surface area (Å²) < 4.78 is 60.9. The molecule has 3 heterocycles. The second kappa shape index (κ2) is 27.0. The van der Waals surface area contributed by atoms with Crippen molar-refractivity contribution in [1.29, 1.82) is 0 Å². The van der Waals surface area contributed by atoms with Crippen molar-refractivity contribution in [2.45, 2.75) is 96.4 Å². The number of carbonyl (C=O) groups excluding carboxylic acids is 3. The van der Waals surface area contributed by atoms with Crippen molar-refractivity contribution in [3.05, 3.63) is 12.7 Å². The summed E-state index contributed by atoms with van der Waals surface area (Å²) in [6, 6.07) is 0. The fraction of sp³-hybridized carbons (Fsp3) is 0.724. The second-order valence-corrected chi connectivity index (χ2v) is 18.6. The van der Waals surface area contributed by atoms with Gasteiger partial charge in [-0.05, 0) is 6.42 Å². The fourth-order valence-corrected chi connectivity index (χ4v) is 8.69. The normalized spacial score (nSPS) is 21.2. The number of aromatic nitrogens is 4. The number of rotatable bonds is 25. The molecule has 8 atom stereocenters. The summed E-state index contributed by atoms with van der Waals surface area (Å²) in [6.45, 7) is 2.32. The molecule has 0 spiro atoms. The van der Waals surface area contributed by atoms with Gasteiger partial charge in [0.05, 0.1) is 19.5 Å². The Kier molecular flexibility index (Phi) is 26.7. The van der Waals surface area contributed by atoms with Crippen molar-refractivity contribution in [3.8, 4) is 0 Å². The summed E-state index contributed by atoms with van der Waals surface area (Å²) >= 11 is 1.12. The van der Waals surface area contributed by atoms with E-state index in [1.807, 2.05) is 0 Å². The van der Waals surface area contributed by atoms with Crippen LogP contribution in [0.25, 0.3) is 11.2 Å². The van der Waals surface area contributed by atoms with Gasteiger partial charge in [-0.1, -0.05) is 58.2 Å². The van der Waals surface area contributed by atoms with Crippen LogP contribution in [0, 0.1) is 5.41 Å². The number of nitrogen functional groups attached to an aromatic ring is 1. The van der Waals surface area contributed by atoms with E-state index in [4.69, 9.17) is 10.5 Å². The van der Waals surface area contributed by atoms with Crippen LogP contribution >= 0.6 is 35.2 Å². The van der Waals surface area contributed by atoms with Crippen LogP contribution in [0.1, 0.15) is 71.9 Å². The van der Waals surface area contributed by atoms with Gasteiger partial charge in [0.2, 0.25) is 11.8 Å². The van der Waals surface area contributed by atoms with Crippen molar-refractivity contribution in [2.75, 3.05) is 37.8 Å². The molecule has 60 heavy (non-hydrogen) atoms. The van der Waals surface area contributed by atoms with Crippen LogP contribution in [-0.4, -0.2) is 108 Å². The van der Waals surface area contributed by atoms with Gasteiger partial charge in [-0.3, -0.25) is 32.6 Å². The number of phosphoric acid groups is 3. The molecule has 8 unspecified atom stereocenters. The van der Waals surface area contributed by atoms with E-state index in [-0.39, 0.29) is 98.2 Å². The molecular formula is C29H47Li3N7O17P3S. The van der Waals surface area contributed by atoms with Gasteiger partial charge in [-0.2, -0.15) is 0 Å². The van der Waals surface area contributed by atoms with Crippen molar-refractivity contribution >= 4 is 69.1 Å². The van der Waals surface area contributed by atoms with E-state index in [9.17, 15) is 57.9 Å². The minimum Gasteiger partial charge on any atom is -0.756 e. The number of aliphatic hydroxyl groups is 2. The topological polar surface area (TPSA) is 372 Å². The Morgan fingerprint density at radius 3 is 2.30 bits per heavy atom. The molecule has 0 aliphatic carbocycles. The number of nitrogens with two attached hydrogens (primary N) is 1. The number of hydrogen-bond donors (Lipinski definition) is 6. The van der Waals surface area contributed by atoms with Crippen LogP contribution < -0.4 is 87.6 Å². The van der Waals surface area contributed by atoms with Crippen molar-refractivity contribution < 1.29 is 137 Å². The van der Waals surface area contributed by atoms with Crippen LogP contribution in [0.15, 0.2) is 12.7 Å². The number of anilines is 1. The maximum atomic E-state index is 12.5. The molecule has 2 aromatic heterocycles. The zero-order valence-corrected chi connectivity index (χ0v) is 37.7. The SMILES string of the molecule is CCCCCCCC(=O)SCCNC(=O)CCNC(=O)C(O)C(C)(C)COP(=O)([O-])OP(=O)([O-])OCC1OC(n2cnc3c(N)ncnc32)C(O)C1OP(=O)([O-])O.[Li+].[Li+].[Li+]. The molecule has 0 radical (unpaired) electrons. The smallest absolute Gasteiger partial charge is 0.756 e. The number of nitrogens with one attached hydrogen (secondary N) is 2. The van der Waals surface area contributed by atoms with E-state index in [0.717, 1.165) is 61.1 Å². The maximum Gasteiger partial charge on any atom is 1.00 e. The first-order valence-electron chi connectivity index (χ1n) is 17.5. The summed E-state index contributed by atoms with van der Waals surface area (Å²) in [5.74, 6) is -1.12. The summed E-state index contributed by atoms with van der Waals surface area (Å²) in [7, 11) is -17.3. The van der Waals surface area contributed by atoms with Crippen LogP contribution in [0.3, 0.4) is 0 Å². The molecule has 2 aromatic rings. The van der Waals surface area contributed by atoms with Gasteiger partial charge in [0.15, 0.2) is 22.8 Å². The van der Waals surface area contributed by atoms with Gasteiger partial charge < -0.3 is 64.5 Å². The van der Waals surface area contributed by atoms with Crippen molar-refractivity contribution in [3.63, 3.8) is 0 Å². The molecule has 1 aliphatic rings. The summed E-state index contributed by atoms with van der Waals surface area (Å²) in [5, 5.41) is 26.3. The van der Waals surface area contributed by atoms with Gasteiger partial charge >= 0.3 is 56.6 Å². The molecule has 1 fully saturated rings. The monoisotopic (exact) mass is 911 g/mol. The molecule has 24 nitrogen and oxygen atoms in total. The third-order valence-electron chi connectivity index (χ3n) is 8.23. The van der Waals surface area contributed by atoms with E-state index < -0.39 is 84.6 Å². The molecule has 7 N–H and O–H groups in total. The van der Waals surface area contributed by atoms with Crippen LogP contribution in [0.5, 0.6) is 0 Å². The number of nitrogens with zero attached hydrogens (tertiary/aromatic N) is 4. The summed E-state index contributed by atoms with van der Waals surface area (Å²) in [5.41, 5.74) is 4.12. The van der Waals surface area contributed by atoms with E-state index in [0.29, 0.717) is 12.2 Å². The Morgan fingerprint density at radius 2 is 1.65 bits per heavy atom. The molecule has 0 saturated carbocycles. The van der Waals surface area contributed by atoms with Crippen LogP contribution in [-0.2, 0) is 50.7 Å². The number of ether oxygens (including phenoxy) is 1. The number of fused-ring (bicyclic) bond motifs is 1. The number of carbonyl (C=O) groups is 3. The minimum absolute atomic E-state index is 0. The molecule has 0 bridgehead atoms.